The second-order valence-corrected chi connectivity index (χ2v) is 6.76. The Morgan fingerprint density at radius 2 is 2.08 bits per heavy atom. The number of rotatable bonds is 5. The Morgan fingerprint density at radius 1 is 1.31 bits per heavy atom. The van der Waals surface area contributed by atoms with E-state index in [1.807, 2.05) is 0 Å². The zero-order valence-corrected chi connectivity index (χ0v) is 15.3. The molecule has 0 aliphatic carbocycles. The van der Waals surface area contributed by atoms with Gasteiger partial charge in [-0.1, -0.05) is 17.8 Å². The van der Waals surface area contributed by atoms with Crippen LogP contribution in [0.25, 0.3) is 6.08 Å². The first-order valence-electron chi connectivity index (χ1n) is 7.51. The summed E-state index contributed by atoms with van der Waals surface area (Å²) < 4.78 is 10.5. The molecule has 1 fully saturated rings. The summed E-state index contributed by atoms with van der Waals surface area (Å²) in [5.74, 6) is 0.491. The summed E-state index contributed by atoms with van der Waals surface area (Å²) in [7, 11) is 1.54. The maximum absolute atomic E-state index is 12.4. The molecular weight excluding hydrogens is 372 g/mol. The zero-order valence-electron chi connectivity index (χ0n) is 13.7. The van der Waals surface area contributed by atoms with Gasteiger partial charge in [-0.05, 0) is 60.8 Å². The van der Waals surface area contributed by atoms with Crippen LogP contribution in [-0.2, 0) is 4.79 Å². The number of ether oxygens (including phenoxy) is 1. The van der Waals surface area contributed by atoms with Crippen molar-refractivity contribution in [2.24, 2.45) is 0 Å². The van der Waals surface area contributed by atoms with E-state index in [4.69, 9.17) is 21.4 Å². The highest BCUT2D eigenvalue weighted by atomic mass is 32.2. The van der Waals surface area contributed by atoms with Crippen molar-refractivity contribution in [3.8, 4) is 5.75 Å². The summed E-state index contributed by atoms with van der Waals surface area (Å²) in [6, 6.07) is 10.1. The van der Waals surface area contributed by atoms with Gasteiger partial charge in [-0.2, -0.15) is 5.01 Å². The van der Waals surface area contributed by atoms with Crippen molar-refractivity contribution in [2.45, 2.75) is 0 Å². The average molecular weight is 386 g/mol. The Bertz CT molecular complexity index is 886. The zero-order chi connectivity index (χ0) is 18.5. The van der Waals surface area contributed by atoms with Gasteiger partial charge in [-0.25, -0.2) is 0 Å². The molecule has 1 aromatic heterocycles. The lowest BCUT2D eigenvalue weighted by Crippen LogP contribution is -2.44. The number of furan rings is 1. The molecule has 1 N–H and O–H groups in total. The molecule has 2 heterocycles. The van der Waals surface area contributed by atoms with Gasteiger partial charge in [0.05, 0.1) is 18.3 Å². The van der Waals surface area contributed by atoms with E-state index >= 15 is 0 Å². The summed E-state index contributed by atoms with van der Waals surface area (Å²) in [6.45, 7) is 0. The van der Waals surface area contributed by atoms with E-state index in [0.29, 0.717) is 22.0 Å². The summed E-state index contributed by atoms with van der Waals surface area (Å²) >= 11 is 6.30. The minimum absolute atomic E-state index is 0.259. The predicted molar refractivity (Wildman–Crippen MR) is 103 cm³/mol. The van der Waals surface area contributed by atoms with Crippen LogP contribution in [0.3, 0.4) is 0 Å². The lowest BCUT2D eigenvalue weighted by atomic mass is 10.2. The maximum Gasteiger partial charge on any atom is 0.285 e. The van der Waals surface area contributed by atoms with Crippen LogP contribution in [0.1, 0.15) is 16.1 Å². The van der Waals surface area contributed by atoms with Gasteiger partial charge >= 0.3 is 0 Å². The highest BCUT2D eigenvalue weighted by molar-refractivity contribution is 8.26. The summed E-state index contributed by atoms with van der Waals surface area (Å²) in [5, 5.41) is 1.07. The van der Waals surface area contributed by atoms with E-state index in [1.54, 1.807) is 68.0 Å². The smallest absolute Gasteiger partial charge is 0.285 e. The van der Waals surface area contributed by atoms with Gasteiger partial charge in [0.1, 0.15) is 11.5 Å². The van der Waals surface area contributed by atoms with E-state index in [1.165, 1.54) is 0 Å². The van der Waals surface area contributed by atoms with Gasteiger partial charge in [-0.3, -0.25) is 15.0 Å². The first-order valence-corrected chi connectivity index (χ1v) is 8.74. The quantitative estimate of drug-likeness (QED) is 0.627. The number of nitrogens with zero attached hydrogens (tertiary/aromatic N) is 1. The summed E-state index contributed by atoms with van der Waals surface area (Å²) in [4.78, 5) is 25.1. The van der Waals surface area contributed by atoms with E-state index in [2.05, 4.69) is 5.43 Å². The number of thiocarbonyl (C=S) groups is 1. The van der Waals surface area contributed by atoms with Crippen molar-refractivity contribution in [1.82, 2.24) is 10.4 Å². The molecule has 1 saturated heterocycles. The molecule has 3 rings (SSSR count). The van der Waals surface area contributed by atoms with Crippen LogP contribution < -0.4 is 10.2 Å². The normalized spacial score (nSPS) is 15.9. The number of nitrogens with one attached hydrogen (secondary N) is 1. The van der Waals surface area contributed by atoms with Crippen LogP contribution in [-0.4, -0.2) is 28.3 Å². The molecule has 0 bridgehead atoms. The molecule has 0 spiro atoms. The van der Waals surface area contributed by atoms with Crippen LogP contribution in [0, 0.1) is 0 Å². The van der Waals surface area contributed by atoms with Crippen molar-refractivity contribution in [3.05, 3.63) is 71.0 Å². The molecule has 0 atom stereocenters. The number of thioether (sulfide) groups is 1. The molecule has 0 unspecified atom stereocenters. The van der Waals surface area contributed by atoms with Gasteiger partial charge in [0.15, 0.2) is 4.32 Å². The molecule has 2 aromatic rings. The average Bonchev–Trinajstić information content (AvgIpc) is 3.26. The van der Waals surface area contributed by atoms with Crippen LogP contribution in [0.15, 0.2) is 64.1 Å². The third kappa shape index (κ3) is 4.04. The molecule has 26 heavy (non-hydrogen) atoms. The molecule has 2 amide bonds. The fourth-order valence-corrected chi connectivity index (χ4v) is 3.23. The van der Waals surface area contributed by atoms with Gasteiger partial charge in [0.25, 0.3) is 11.8 Å². The topological polar surface area (TPSA) is 71.8 Å². The Hall–Kier alpha value is -2.84. The Kier molecular flexibility index (Phi) is 5.55. The second-order valence-electron chi connectivity index (χ2n) is 5.08. The van der Waals surface area contributed by atoms with Crippen molar-refractivity contribution in [3.63, 3.8) is 0 Å². The molecule has 1 aliphatic heterocycles. The standard InChI is InChI=1S/C18H14N2O4S2/c1-23-13-9-7-12(8-10-13)16(21)19-20-17(22)15(26-18(20)25)6-2-4-14-5-3-11-24-14/h2-11H,1H3,(H,19,21)/b4-2+,15-6+. The Labute approximate surface area is 159 Å². The number of methoxy groups -OCH3 is 1. The molecule has 132 valence electrons. The van der Waals surface area contributed by atoms with Gasteiger partial charge in [-0.15, -0.1) is 0 Å². The monoisotopic (exact) mass is 386 g/mol. The van der Waals surface area contributed by atoms with Crippen molar-refractivity contribution in [2.75, 3.05) is 7.11 Å². The van der Waals surface area contributed by atoms with E-state index in [9.17, 15) is 9.59 Å². The fraction of sp³-hybridized carbons (Fsp3) is 0.0556. The van der Waals surface area contributed by atoms with Crippen LogP contribution in [0.2, 0.25) is 0 Å². The highest BCUT2D eigenvalue weighted by Crippen LogP contribution is 2.29. The van der Waals surface area contributed by atoms with Gasteiger partial charge in [0.2, 0.25) is 0 Å². The van der Waals surface area contributed by atoms with Gasteiger partial charge < -0.3 is 9.15 Å². The minimum atomic E-state index is -0.434. The number of carbonyl (C=O) groups is 2. The van der Waals surface area contributed by atoms with E-state index < -0.39 is 5.91 Å². The largest absolute Gasteiger partial charge is 0.497 e. The Morgan fingerprint density at radius 3 is 2.73 bits per heavy atom. The second kappa shape index (κ2) is 8.03. The minimum Gasteiger partial charge on any atom is -0.497 e. The number of carbonyl (C=O) groups excluding carboxylic acids is 2. The first kappa shape index (κ1) is 18.0. The summed E-state index contributed by atoms with van der Waals surface area (Å²) in [5.41, 5.74) is 2.92. The van der Waals surface area contributed by atoms with Crippen molar-refractivity contribution >= 4 is 46.2 Å². The first-order chi connectivity index (χ1) is 12.6. The third-order valence-electron chi connectivity index (χ3n) is 3.41. The SMILES string of the molecule is COc1ccc(C(=O)NN2C(=O)/C(=C\C=C\c3ccco3)SC2=S)cc1. The van der Waals surface area contributed by atoms with Crippen LogP contribution in [0.5, 0.6) is 5.75 Å². The number of hydrogen-bond donors (Lipinski definition) is 1. The molecule has 6 nitrogen and oxygen atoms in total. The van der Waals surface area contributed by atoms with E-state index in [0.717, 1.165) is 16.8 Å². The Balaban J connectivity index is 1.67. The number of benzene rings is 1. The highest BCUT2D eigenvalue weighted by Gasteiger charge is 2.33. The molecule has 1 aromatic carbocycles. The van der Waals surface area contributed by atoms with Crippen LogP contribution >= 0.6 is 24.0 Å². The number of hydrogen-bond acceptors (Lipinski definition) is 6. The molecule has 0 saturated carbocycles. The lowest BCUT2D eigenvalue weighted by molar-refractivity contribution is -0.123. The van der Waals surface area contributed by atoms with E-state index in [-0.39, 0.29) is 10.2 Å². The molecule has 1 aliphatic rings. The molecular formula is C18H14N2O4S2. The molecule has 0 radical (unpaired) electrons. The number of amides is 2. The number of allylic oxidation sites excluding steroid dienone is 2. The maximum atomic E-state index is 12.4. The lowest BCUT2D eigenvalue weighted by Gasteiger charge is -2.15. The number of hydrazine groups is 1. The molecule has 8 heteroatoms. The third-order valence-corrected chi connectivity index (χ3v) is 4.73. The van der Waals surface area contributed by atoms with Gasteiger partial charge in [0, 0.05) is 5.56 Å². The summed E-state index contributed by atoms with van der Waals surface area (Å²) in [6.07, 6.45) is 6.61. The van der Waals surface area contributed by atoms with Crippen molar-refractivity contribution < 1.29 is 18.7 Å². The fourth-order valence-electron chi connectivity index (χ4n) is 2.10. The van der Waals surface area contributed by atoms with Crippen molar-refractivity contribution in [1.29, 1.82) is 0 Å². The van der Waals surface area contributed by atoms with Crippen LogP contribution in [0.4, 0.5) is 0 Å². The predicted octanol–water partition coefficient (Wildman–Crippen LogP) is 3.39.